The highest BCUT2D eigenvalue weighted by molar-refractivity contribution is 5.09. The van der Waals surface area contributed by atoms with Gasteiger partial charge in [0.05, 0.1) is 19.3 Å². The fourth-order valence-electron chi connectivity index (χ4n) is 3.82. The van der Waals surface area contributed by atoms with Crippen LogP contribution in [-0.4, -0.2) is 48.9 Å². The number of aromatic nitrogens is 1. The summed E-state index contributed by atoms with van der Waals surface area (Å²) in [5, 5.41) is 0. The smallest absolute Gasteiger partial charge is 0.0677 e. The molecular formula is C18H26N2O2. The van der Waals surface area contributed by atoms with Gasteiger partial charge in [0.1, 0.15) is 0 Å². The summed E-state index contributed by atoms with van der Waals surface area (Å²) in [5.41, 5.74) is 1.42. The first-order valence-electron chi connectivity index (χ1n) is 8.24. The van der Waals surface area contributed by atoms with Gasteiger partial charge >= 0.3 is 0 Å². The first-order chi connectivity index (χ1) is 10.8. The summed E-state index contributed by atoms with van der Waals surface area (Å²) in [5.74, 6) is 0. The van der Waals surface area contributed by atoms with Crippen molar-refractivity contribution >= 4 is 0 Å². The van der Waals surface area contributed by atoms with Crippen LogP contribution in [0, 0.1) is 5.41 Å². The molecule has 0 unspecified atom stereocenters. The number of piperidine rings is 1. The average molecular weight is 302 g/mol. The van der Waals surface area contributed by atoms with E-state index in [0.29, 0.717) is 12.7 Å². The van der Waals surface area contributed by atoms with E-state index >= 15 is 0 Å². The van der Waals surface area contributed by atoms with Crippen molar-refractivity contribution in [2.45, 2.75) is 31.9 Å². The second kappa shape index (κ2) is 7.36. The van der Waals surface area contributed by atoms with Gasteiger partial charge in [0.2, 0.25) is 0 Å². The van der Waals surface area contributed by atoms with Gasteiger partial charge in [0.25, 0.3) is 0 Å². The zero-order valence-electron chi connectivity index (χ0n) is 13.2. The van der Waals surface area contributed by atoms with E-state index in [1.165, 1.54) is 12.0 Å². The highest BCUT2D eigenvalue weighted by Gasteiger charge is 2.46. The van der Waals surface area contributed by atoms with Crippen LogP contribution in [0.15, 0.2) is 37.2 Å². The lowest BCUT2D eigenvalue weighted by molar-refractivity contribution is -0.152. The Bertz CT molecular complexity index is 479. The van der Waals surface area contributed by atoms with Crippen LogP contribution >= 0.6 is 0 Å². The Kier molecular flexibility index (Phi) is 5.24. The number of fused-ring (bicyclic) bond motifs is 1. The van der Waals surface area contributed by atoms with E-state index in [1.54, 1.807) is 0 Å². The minimum Gasteiger partial charge on any atom is -0.377 e. The molecular weight excluding hydrogens is 276 g/mol. The number of rotatable bonds is 6. The monoisotopic (exact) mass is 302 g/mol. The Morgan fingerprint density at radius 2 is 2.50 bits per heavy atom. The topological polar surface area (TPSA) is 34.6 Å². The molecule has 0 spiro atoms. The molecule has 0 bridgehead atoms. The number of hydrogen-bond donors (Lipinski definition) is 0. The molecule has 1 aromatic heterocycles. The van der Waals surface area contributed by atoms with Crippen LogP contribution in [0.3, 0.4) is 0 Å². The van der Waals surface area contributed by atoms with E-state index in [1.807, 2.05) is 24.5 Å². The lowest BCUT2D eigenvalue weighted by Crippen LogP contribution is -2.56. The standard InChI is InChI=1S/C18H26N2O2/c1-2-10-21-15-18-7-4-11-22-17(18)6-9-20(14-18)13-16-5-3-8-19-12-16/h2-3,5,8,12,17H,1,4,6-7,9-11,13-15H2/t17-,18-/m0/s1. The fraction of sp³-hybridized carbons (Fsp3) is 0.611. The van der Waals surface area contributed by atoms with E-state index in [0.717, 1.165) is 45.7 Å². The molecule has 3 rings (SSSR count). The fourth-order valence-corrected chi connectivity index (χ4v) is 3.82. The normalized spacial score (nSPS) is 29.0. The van der Waals surface area contributed by atoms with Gasteiger partial charge in [-0.3, -0.25) is 9.88 Å². The van der Waals surface area contributed by atoms with Crippen LogP contribution in [0.1, 0.15) is 24.8 Å². The quantitative estimate of drug-likeness (QED) is 0.598. The molecule has 0 aromatic carbocycles. The Labute approximate surface area is 133 Å². The van der Waals surface area contributed by atoms with Crippen LogP contribution < -0.4 is 0 Å². The summed E-state index contributed by atoms with van der Waals surface area (Å²) in [6, 6.07) is 4.16. The lowest BCUT2D eigenvalue weighted by Gasteiger charge is -2.50. The molecule has 0 aliphatic carbocycles. The first kappa shape index (κ1) is 15.7. The molecule has 4 nitrogen and oxygen atoms in total. The molecule has 2 aliphatic rings. The molecule has 0 amide bonds. The van der Waals surface area contributed by atoms with E-state index < -0.39 is 0 Å². The van der Waals surface area contributed by atoms with E-state index in [9.17, 15) is 0 Å². The molecule has 0 N–H and O–H groups in total. The largest absolute Gasteiger partial charge is 0.377 e. The maximum Gasteiger partial charge on any atom is 0.0677 e. The number of likely N-dealkylation sites (tertiary alicyclic amines) is 1. The predicted molar refractivity (Wildman–Crippen MR) is 86.6 cm³/mol. The van der Waals surface area contributed by atoms with Gasteiger partial charge in [-0.2, -0.15) is 0 Å². The molecule has 0 saturated carbocycles. The number of ether oxygens (including phenoxy) is 2. The molecule has 2 aliphatic heterocycles. The van der Waals surface area contributed by atoms with Gasteiger partial charge in [0.15, 0.2) is 0 Å². The molecule has 1 aromatic rings. The molecule has 2 fully saturated rings. The Balaban J connectivity index is 1.67. The third-order valence-corrected chi connectivity index (χ3v) is 4.82. The molecule has 4 heteroatoms. The number of hydrogen-bond acceptors (Lipinski definition) is 4. The third kappa shape index (κ3) is 3.57. The summed E-state index contributed by atoms with van der Waals surface area (Å²) in [4.78, 5) is 6.75. The maximum atomic E-state index is 6.07. The van der Waals surface area contributed by atoms with Crippen molar-refractivity contribution in [3.63, 3.8) is 0 Å². The van der Waals surface area contributed by atoms with Gasteiger partial charge < -0.3 is 9.47 Å². The first-order valence-corrected chi connectivity index (χ1v) is 8.24. The second-order valence-corrected chi connectivity index (χ2v) is 6.49. The zero-order chi connectivity index (χ0) is 15.3. The van der Waals surface area contributed by atoms with E-state index in [-0.39, 0.29) is 5.41 Å². The van der Waals surface area contributed by atoms with E-state index in [2.05, 4.69) is 22.5 Å². The van der Waals surface area contributed by atoms with Crippen molar-refractivity contribution < 1.29 is 9.47 Å². The molecule has 2 atom stereocenters. The third-order valence-electron chi connectivity index (χ3n) is 4.82. The Morgan fingerprint density at radius 3 is 3.32 bits per heavy atom. The number of nitrogens with zero attached hydrogens (tertiary/aromatic N) is 2. The Morgan fingerprint density at radius 1 is 1.55 bits per heavy atom. The van der Waals surface area contributed by atoms with Crippen molar-refractivity contribution in [3.05, 3.63) is 42.7 Å². The van der Waals surface area contributed by atoms with Crippen LogP contribution in [-0.2, 0) is 16.0 Å². The predicted octanol–water partition coefficient (Wildman–Crippen LogP) is 2.66. The van der Waals surface area contributed by atoms with E-state index in [4.69, 9.17) is 9.47 Å². The summed E-state index contributed by atoms with van der Waals surface area (Å²) in [6.07, 6.45) is 9.38. The van der Waals surface area contributed by atoms with Crippen LogP contribution in [0.25, 0.3) is 0 Å². The number of pyridine rings is 1. The highest BCUT2D eigenvalue weighted by atomic mass is 16.5. The molecule has 0 radical (unpaired) electrons. The second-order valence-electron chi connectivity index (χ2n) is 6.49. The minimum absolute atomic E-state index is 0.141. The summed E-state index contributed by atoms with van der Waals surface area (Å²) in [6.45, 7) is 9.13. The Hall–Kier alpha value is -1.23. The van der Waals surface area contributed by atoms with Crippen molar-refractivity contribution in [2.75, 3.05) is 32.9 Å². The molecule has 22 heavy (non-hydrogen) atoms. The van der Waals surface area contributed by atoms with Crippen LogP contribution in [0.2, 0.25) is 0 Å². The highest BCUT2D eigenvalue weighted by Crippen LogP contribution is 2.40. The van der Waals surface area contributed by atoms with Crippen molar-refractivity contribution in [1.82, 2.24) is 9.88 Å². The summed E-state index contributed by atoms with van der Waals surface area (Å²) in [7, 11) is 0. The lowest BCUT2D eigenvalue weighted by atomic mass is 9.73. The van der Waals surface area contributed by atoms with Gasteiger partial charge in [-0.1, -0.05) is 12.1 Å². The van der Waals surface area contributed by atoms with Gasteiger partial charge in [-0.15, -0.1) is 6.58 Å². The summed E-state index contributed by atoms with van der Waals surface area (Å²) < 4.78 is 11.9. The van der Waals surface area contributed by atoms with Crippen molar-refractivity contribution in [2.24, 2.45) is 5.41 Å². The molecule has 3 heterocycles. The van der Waals surface area contributed by atoms with Crippen molar-refractivity contribution in [3.8, 4) is 0 Å². The zero-order valence-corrected chi connectivity index (χ0v) is 13.2. The van der Waals surface area contributed by atoms with Gasteiger partial charge in [0, 0.05) is 44.0 Å². The maximum absolute atomic E-state index is 6.07. The summed E-state index contributed by atoms with van der Waals surface area (Å²) >= 11 is 0. The molecule has 2 saturated heterocycles. The SMILES string of the molecule is C=CCOC[C@@]12CCCO[C@H]1CCN(Cc1cccnc1)C2. The van der Waals surface area contributed by atoms with Gasteiger partial charge in [-0.25, -0.2) is 0 Å². The van der Waals surface area contributed by atoms with Crippen LogP contribution in [0.4, 0.5) is 0 Å². The minimum atomic E-state index is 0.141. The molecule has 120 valence electrons. The van der Waals surface area contributed by atoms with Crippen LogP contribution in [0.5, 0.6) is 0 Å². The van der Waals surface area contributed by atoms with Crippen molar-refractivity contribution in [1.29, 1.82) is 0 Å². The van der Waals surface area contributed by atoms with Gasteiger partial charge in [-0.05, 0) is 30.9 Å². The average Bonchev–Trinajstić information content (AvgIpc) is 2.56.